The fraction of sp³-hybridized carbons (Fsp3) is 1.00. The van der Waals surface area contributed by atoms with Crippen LogP contribution >= 0.6 is 0 Å². The minimum Gasteiger partial charge on any atom is -0.329 e. The Balaban J connectivity index is 2.54. The predicted octanol–water partition coefficient (Wildman–Crippen LogP) is 1.84. The molecule has 2 N–H and O–H groups in total. The minimum absolute atomic E-state index is 0.613. The molecule has 1 aliphatic heterocycles. The Morgan fingerprint density at radius 1 is 1.54 bits per heavy atom. The normalized spacial score (nSPS) is 29.1. The molecule has 0 aromatic carbocycles. The summed E-state index contributed by atoms with van der Waals surface area (Å²) in [6, 6.07) is 1.37. The van der Waals surface area contributed by atoms with Crippen LogP contribution in [0.3, 0.4) is 0 Å². The molecule has 2 nitrogen and oxygen atoms in total. The van der Waals surface area contributed by atoms with Crippen LogP contribution in [0.4, 0.5) is 0 Å². The lowest BCUT2D eigenvalue weighted by Gasteiger charge is -2.34. The maximum absolute atomic E-state index is 5.85. The number of likely N-dealkylation sites (tertiary alicyclic amines) is 1. The average molecular weight is 184 g/mol. The second kappa shape index (κ2) is 4.97. The summed E-state index contributed by atoms with van der Waals surface area (Å²) in [5.41, 5.74) is 5.85. The highest BCUT2D eigenvalue weighted by Gasteiger charge is 2.29. The van der Waals surface area contributed by atoms with E-state index in [9.17, 15) is 0 Å². The van der Waals surface area contributed by atoms with Crippen LogP contribution in [0, 0.1) is 5.92 Å². The van der Waals surface area contributed by atoms with Crippen molar-refractivity contribution in [3.05, 3.63) is 0 Å². The standard InChI is InChI=1S/C11H24N2/c1-4-9(2)11(8-12)13-7-5-6-10(13)3/h9-11H,4-8,12H2,1-3H3. The monoisotopic (exact) mass is 184 g/mol. The molecule has 1 fully saturated rings. The van der Waals surface area contributed by atoms with Gasteiger partial charge in [-0.3, -0.25) is 4.90 Å². The van der Waals surface area contributed by atoms with Crippen LogP contribution in [0.15, 0.2) is 0 Å². The van der Waals surface area contributed by atoms with Crippen LogP contribution in [0.1, 0.15) is 40.0 Å². The lowest BCUT2D eigenvalue weighted by molar-refractivity contribution is 0.144. The van der Waals surface area contributed by atoms with Gasteiger partial charge >= 0.3 is 0 Å². The topological polar surface area (TPSA) is 29.3 Å². The van der Waals surface area contributed by atoms with Crippen molar-refractivity contribution in [3.63, 3.8) is 0 Å². The predicted molar refractivity (Wildman–Crippen MR) is 57.7 cm³/mol. The lowest BCUT2D eigenvalue weighted by atomic mass is 9.97. The summed E-state index contributed by atoms with van der Waals surface area (Å²) in [5, 5.41) is 0. The van der Waals surface area contributed by atoms with E-state index in [-0.39, 0.29) is 0 Å². The largest absolute Gasteiger partial charge is 0.329 e. The third kappa shape index (κ3) is 2.44. The number of hydrogen-bond donors (Lipinski definition) is 1. The van der Waals surface area contributed by atoms with Crippen molar-refractivity contribution in [2.75, 3.05) is 13.1 Å². The van der Waals surface area contributed by atoms with Gasteiger partial charge in [0.15, 0.2) is 0 Å². The first-order chi connectivity index (χ1) is 6.20. The smallest absolute Gasteiger partial charge is 0.0246 e. The van der Waals surface area contributed by atoms with E-state index >= 15 is 0 Å². The number of rotatable bonds is 4. The van der Waals surface area contributed by atoms with E-state index in [1.54, 1.807) is 0 Å². The van der Waals surface area contributed by atoms with Gasteiger partial charge in [0, 0.05) is 18.6 Å². The van der Waals surface area contributed by atoms with Gasteiger partial charge in [0.1, 0.15) is 0 Å². The lowest BCUT2D eigenvalue weighted by Crippen LogP contribution is -2.46. The molecular formula is C11H24N2. The van der Waals surface area contributed by atoms with Gasteiger partial charge in [-0.1, -0.05) is 20.3 Å². The van der Waals surface area contributed by atoms with Crippen molar-refractivity contribution in [2.45, 2.75) is 52.1 Å². The van der Waals surface area contributed by atoms with E-state index in [0.717, 1.165) is 18.5 Å². The van der Waals surface area contributed by atoms with E-state index in [1.165, 1.54) is 25.8 Å². The second-order valence-electron chi connectivity index (χ2n) is 4.42. The Labute approximate surface area is 82.5 Å². The Kier molecular flexibility index (Phi) is 4.20. The molecule has 2 heteroatoms. The van der Waals surface area contributed by atoms with Gasteiger partial charge < -0.3 is 5.73 Å². The van der Waals surface area contributed by atoms with Gasteiger partial charge in [0.05, 0.1) is 0 Å². The van der Waals surface area contributed by atoms with E-state index in [0.29, 0.717) is 6.04 Å². The fourth-order valence-corrected chi connectivity index (χ4v) is 2.41. The maximum Gasteiger partial charge on any atom is 0.0246 e. The molecule has 78 valence electrons. The van der Waals surface area contributed by atoms with Crippen LogP contribution in [0.5, 0.6) is 0 Å². The van der Waals surface area contributed by atoms with Gasteiger partial charge in [-0.05, 0) is 32.2 Å². The summed E-state index contributed by atoms with van der Waals surface area (Å²) < 4.78 is 0. The highest BCUT2D eigenvalue weighted by Crippen LogP contribution is 2.24. The molecule has 0 aromatic rings. The zero-order chi connectivity index (χ0) is 9.84. The molecule has 0 bridgehead atoms. The number of nitrogens with two attached hydrogens (primary N) is 1. The van der Waals surface area contributed by atoms with E-state index in [1.807, 2.05) is 0 Å². The molecule has 1 heterocycles. The summed E-state index contributed by atoms with van der Waals surface area (Å²) in [5.74, 6) is 0.741. The summed E-state index contributed by atoms with van der Waals surface area (Å²) in [4.78, 5) is 2.61. The zero-order valence-corrected chi connectivity index (χ0v) is 9.29. The van der Waals surface area contributed by atoms with Crippen LogP contribution in [0.25, 0.3) is 0 Å². The van der Waals surface area contributed by atoms with Gasteiger partial charge in [0.2, 0.25) is 0 Å². The van der Waals surface area contributed by atoms with Crippen molar-refractivity contribution in [1.82, 2.24) is 4.90 Å². The molecule has 0 saturated carbocycles. The van der Waals surface area contributed by atoms with E-state index < -0.39 is 0 Å². The minimum atomic E-state index is 0.613. The van der Waals surface area contributed by atoms with Crippen molar-refractivity contribution in [3.8, 4) is 0 Å². The molecule has 0 aromatic heterocycles. The Morgan fingerprint density at radius 3 is 2.62 bits per heavy atom. The molecule has 3 unspecified atom stereocenters. The van der Waals surface area contributed by atoms with Crippen molar-refractivity contribution in [2.24, 2.45) is 11.7 Å². The summed E-state index contributed by atoms with van der Waals surface area (Å²) >= 11 is 0. The van der Waals surface area contributed by atoms with Gasteiger partial charge in [-0.25, -0.2) is 0 Å². The zero-order valence-electron chi connectivity index (χ0n) is 9.29. The van der Waals surface area contributed by atoms with Crippen LogP contribution in [-0.2, 0) is 0 Å². The average Bonchev–Trinajstić information content (AvgIpc) is 2.53. The molecule has 13 heavy (non-hydrogen) atoms. The van der Waals surface area contributed by atoms with Crippen molar-refractivity contribution in [1.29, 1.82) is 0 Å². The Morgan fingerprint density at radius 2 is 2.23 bits per heavy atom. The summed E-state index contributed by atoms with van der Waals surface area (Å²) in [6.45, 7) is 8.99. The third-order valence-electron chi connectivity index (χ3n) is 3.57. The third-order valence-corrected chi connectivity index (χ3v) is 3.57. The highest BCUT2D eigenvalue weighted by molar-refractivity contribution is 4.85. The molecule has 1 saturated heterocycles. The quantitative estimate of drug-likeness (QED) is 0.722. The first-order valence-corrected chi connectivity index (χ1v) is 5.66. The SMILES string of the molecule is CCC(C)C(CN)N1CCCC1C. The van der Waals surface area contributed by atoms with E-state index in [4.69, 9.17) is 5.73 Å². The van der Waals surface area contributed by atoms with Gasteiger partial charge in [-0.2, -0.15) is 0 Å². The van der Waals surface area contributed by atoms with Crippen LogP contribution in [-0.4, -0.2) is 30.1 Å². The molecule has 0 radical (unpaired) electrons. The fourth-order valence-electron chi connectivity index (χ4n) is 2.41. The van der Waals surface area contributed by atoms with Crippen LogP contribution in [0.2, 0.25) is 0 Å². The van der Waals surface area contributed by atoms with E-state index in [2.05, 4.69) is 25.7 Å². The van der Waals surface area contributed by atoms with Crippen LogP contribution < -0.4 is 5.73 Å². The number of hydrogen-bond acceptors (Lipinski definition) is 2. The molecule has 3 atom stereocenters. The Hall–Kier alpha value is -0.0800. The van der Waals surface area contributed by atoms with Gasteiger partial charge in [0.25, 0.3) is 0 Å². The molecule has 1 rings (SSSR count). The molecule has 0 amide bonds. The first kappa shape index (κ1) is 11.0. The van der Waals surface area contributed by atoms with Crippen molar-refractivity contribution >= 4 is 0 Å². The molecular weight excluding hydrogens is 160 g/mol. The Bertz CT molecular complexity index is 147. The van der Waals surface area contributed by atoms with Gasteiger partial charge in [-0.15, -0.1) is 0 Å². The van der Waals surface area contributed by atoms with Crippen molar-refractivity contribution < 1.29 is 0 Å². The maximum atomic E-state index is 5.85. The summed E-state index contributed by atoms with van der Waals surface area (Å²) in [7, 11) is 0. The first-order valence-electron chi connectivity index (χ1n) is 5.66. The molecule has 0 aliphatic carbocycles. The molecule has 1 aliphatic rings. The highest BCUT2D eigenvalue weighted by atomic mass is 15.2. The number of nitrogens with zero attached hydrogens (tertiary/aromatic N) is 1. The molecule has 0 spiro atoms. The summed E-state index contributed by atoms with van der Waals surface area (Å²) in [6.07, 6.45) is 3.95. The second-order valence-corrected chi connectivity index (χ2v) is 4.42.